The highest BCUT2D eigenvalue weighted by atomic mass is 16.5. The van der Waals surface area contributed by atoms with Crippen molar-refractivity contribution in [2.45, 2.75) is 31.7 Å². The maximum absolute atomic E-state index is 12.9. The normalized spacial score (nSPS) is 19.1. The van der Waals surface area contributed by atoms with Crippen LogP contribution >= 0.6 is 0 Å². The van der Waals surface area contributed by atoms with Crippen LogP contribution in [0, 0.1) is 5.92 Å². The summed E-state index contributed by atoms with van der Waals surface area (Å²) in [6.45, 7) is 0. The Labute approximate surface area is 214 Å². The molecule has 1 fully saturated rings. The number of anilines is 1. The summed E-state index contributed by atoms with van der Waals surface area (Å²) in [7, 11) is 0. The molecule has 6 rings (SSSR count). The standard InChI is InChI=1S/C31H26N2O4/c34-29(21-12-16-23(17-13-21)33-30(35)26-9-3-4-10-27(26)31(33)36)32-22-14-18-24(19-15-22)37-28-11-5-7-20-6-1-2-8-25(20)28/h1-11,14-15,18-19,21,23H,12-13,16-17H2,(H,32,34). The second-order valence-electron chi connectivity index (χ2n) is 9.62. The minimum absolute atomic E-state index is 0.0384. The fraction of sp³-hybridized carbons (Fsp3) is 0.194. The number of imide groups is 1. The molecule has 3 amide bonds. The molecule has 4 aromatic carbocycles. The number of rotatable bonds is 5. The molecule has 6 heteroatoms. The van der Waals surface area contributed by atoms with E-state index in [9.17, 15) is 14.4 Å². The summed E-state index contributed by atoms with van der Waals surface area (Å²) in [5.41, 5.74) is 1.65. The smallest absolute Gasteiger partial charge is 0.261 e. The predicted molar refractivity (Wildman–Crippen MR) is 142 cm³/mol. The van der Waals surface area contributed by atoms with Crippen molar-refractivity contribution in [2.75, 3.05) is 5.32 Å². The molecular weight excluding hydrogens is 464 g/mol. The molecular formula is C31H26N2O4. The molecule has 0 unspecified atom stereocenters. The quantitative estimate of drug-likeness (QED) is 0.327. The van der Waals surface area contributed by atoms with Crippen molar-refractivity contribution in [3.63, 3.8) is 0 Å². The highest BCUT2D eigenvalue weighted by Gasteiger charge is 2.41. The summed E-state index contributed by atoms with van der Waals surface area (Å²) in [5, 5.41) is 5.16. The van der Waals surface area contributed by atoms with Crippen LogP contribution < -0.4 is 10.1 Å². The van der Waals surface area contributed by atoms with Gasteiger partial charge in [0, 0.05) is 23.0 Å². The number of fused-ring (bicyclic) bond motifs is 2. The molecule has 0 aromatic heterocycles. The zero-order chi connectivity index (χ0) is 25.4. The van der Waals surface area contributed by atoms with Gasteiger partial charge in [0.2, 0.25) is 5.91 Å². The molecule has 0 radical (unpaired) electrons. The molecule has 37 heavy (non-hydrogen) atoms. The van der Waals surface area contributed by atoms with Gasteiger partial charge in [-0.1, -0.05) is 48.5 Å². The van der Waals surface area contributed by atoms with Crippen LogP contribution in [0.15, 0.2) is 91.0 Å². The monoisotopic (exact) mass is 490 g/mol. The van der Waals surface area contributed by atoms with E-state index in [2.05, 4.69) is 5.32 Å². The van der Waals surface area contributed by atoms with Crippen LogP contribution in [-0.2, 0) is 4.79 Å². The Balaban J connectivity index is 1.05. The van der Waals surface area contributed by atoms with Crippen LogP contribution in [-0.4, -0.2) is 28.7 Å². The van der Waals surface area contributed by atoms with Crippen molar-refractivity contribution in [2.24, 2.45) is 5.92 Å². The zero-order valence-corrected chi connectivity index (χ0v) is 20.2. The van der Waals surface area contributed by atoms with Crippen LogP contribution in [0.25, 0.3) is 10.8 Å². The Kier molecular flexibility index (Phi) is 5.93. The lowest BCUT2D eigenvalue weighted by Crippen LogP contribution is -2.43. The molecule has 1 heterocycles. The third-order valence-electron chi connectivity index (χ3n) is 7.36. The number of nitrogens with one attached hydrogen (secondary N) is 1. The number of amides is 3. The SMILES string of the molecule is O=C(Nc1ccc(Oc2cccc3ccccc23)cc1)C1CCC(N2C(=O)c3ccccc3C2=O)CC1. The molecule has 0 atom stereocenters. The number of hydrogen-bond acceptors (Lipinski definition) is 4. The van der Waals surface area contributed by atoms with Gasteiger partial charge in [-0.15, -0.1) is 0 Å². The van der Waals surface area contributed by atoms with E-state index >= 15 is 0 Å². The predicted octanol–water partition coefficient (Wildman–Crippen LogP) is 6.43. The molecule has 6 nitrogen and oxygen atoms in total. The van der Waals surface area contributed by atoms with Gasteiger partial charge in [0.15, 0.2) is 0 Å². The Morgan fingerprint density at radius 3 is 2.05 bits per heavy atom. The van der Waals surface area contributed by atoms with E-state index in [0.717, 1.165) is 16.5 Å². The molecule has 1 saturated carbocycles. The highest BCUT2D eigenvalue weighted by Crippen LogP contribution is 2.34. The second kappa shape index (κ2) is 9.54. The lowest BCUT2D eigenvalue weighted by molar-refractivity contribution is -0.121. The van der Waals surface area contributed by atoms with E-state index < -0.39 is 0 Å². The summed E-state index contributed by atoms with van der Waals surface area (Å²) >= 11 is 0. The topological polar surface area (TPSA) is 75.7 Å². The van der Waals surface area contributed by atoms with Crippen LogP contribution in [0.4, 0.5) is 5.69 Å². The van der Waals surface area contributed by atoms with Gasteiger partial charge in [-0.2, -0.15) is 0 Å². The van der Waals surface area contributed by atoms with Gasteiger partial charge in [0.05, 0.1) is 11.1 Å². The number of benzene rings is 4. The number of ether oxygens (including phenoxy) is 1. The van der Waals surface area contributed by atoms with Crippen LogP contribution in [0.1, 0.15) is 46.4 Å². The Morgan fingerprint density at radius 1 is 0.730 bits per heavy atom. The molecule has 1 N–H and O–H groups in total. The third-order valence-corrected chi connectivity index (χ3v) is 7.36. The van der Waals surface area contributed by atoms with Crippen molar-refractivity contribution >= 4 is 34.2 Å². The first-order chi connectivity index (χ1) is 18.1. The maximum Gasteiger partial charge on any atom is 0.261 e. The van der Waals surface area contributed by atoms with Crippen LogP contribution in [0.2, 0.25) is 0 Å². The van der Waals surface area contributed by atoms with E-state index in [4.69, 9.17) is 4.74 Å². The average molecular weight is 491 g/mol. The van der Waals surface area contributed by atoms with Gasteiger partial charge in [-0.05, 0) is 73.5 Å². The lowest BCUT2D eigenvalue weighted by atomic mass is 9.84. The van der Waals surface area contributed by atoms with E-state index in [0.29, 0.717) is 48.2 Å². The van der Waals surface area contributed by atoms with Gasteiger partial charge >= 0.3 is 0 Å². The summed E-state index contributed by atoms with van der Waals surface area (Å²) in [6.07, 6.45) is 2.51. The Morgan fingerprint density at radius 2 is 1.35 bits per heavy atom. The van der Waals surface area contributed by atoms with Crippen molar-refractivity contribution in [1.82, 2.24) is 4.90 Å². The van der Waals surface area contributed by atoms with E-state index in [1.165, 1.54) is 4.90 Å². The van der Waals surface area contributed by atoms with Crippen LogP contribution in [0.3, 0.4) is 0 Å². The first-order valence-corrected chi connectivity index (χ1v) is 12.6. The molecule has 0 bridgehead atoms. The summed E-state index contributed by atoms with van der Waals surface area (Å²) in [5.74, 6) is 0.834. The first-order valence-electron chi connectivity index (χ1n) is 12.6. The number of carbonyl (C=O) groups is 3. The van der Waals surface area contributed by atoms with Gasteiger partial charge < -0.3 is 10.1 Å². The molecule has 0 spiro atoms. The average Bonchev–Trinajstić information content (AvgIpc) is 3.19. The molecule has 4 aromatic rings. The Hall–Kier alpha value is -4.45. The number of hydrogen-bond donors (Lipinski definition) is 1. The molecule has 1 aliphatic heterocycles. The summed E-state index contributed by atoms with van der Waals surface area (Å²) in [4.78, 5) is 39.9. The van der Waals surface area contributed by atoms with E-state index in [1.807, 2.05) is 66.7 Å². The molecule has 2 aliphatic rings. The van der Waals surface area contributed by atoms with Gasteiger partial charge in [0.1, 0.15) is 11.5 Å². The highest BCUT2D eigenvalue weighted by molar-refractivity contribution is 6.21. The minimum atomic E-state index is -0.223. The van der Waals surface area contributed by atoms with Gasteiger partial charge in [-0.3, -0.25) is 19.3 Å². The van der Waals surface area contributed by atoms with Gasteiger partial charge in [0.25, 0.3) is 11.8 Å². The van der Waals surface area contributed by atoms with Crippen molar-refractivity contribution in [3.05, 3.63) is 102 Å². The largest absolute Gasteiger partial charge is 0.457 e. The maximum atomic E-state index is 12.9. The number of carbonyl (C=O) groups excluding carboxylic acids is 3. The van der Waals surface area contributed by atoms with E-state index in [1.54, 1.807) is 24.3 Å². The van der Waals surface area contributed by atoms with Crippen molar-refractivity contribution < 1.29 is 19.1 Å². The second-order valence-corrected chi connectivity index (χ2v) is 9.62. The van der Waals surface area contributed by atoms with Crippen molar-refractivity contribution in [3.8, 4) is 11.5 Å². The molecule has 184 valence electrons. The van der Waals surface area contributed by atoms with E-state index in [-0.39, 0.29) is 29.7 Å². The fourth-order valence-corrected chi connectivity index (χ4v) is 5.40. The van der Waals surface area contributed by atoms with Gasteiger partial charge in [-0.25, -0.2) is 0 Å². The molecule has 1 aliphatic carbocycles. The Bertz CT molecular complexity index is 1460. The van der Waals surface area contributed by atoms with Crippen molar-refractivity contribution in [1.29, 1.82) is 0 Å². The first kappa shape index (κ1) is 23.0. The summed E-state index contributed by atoms with van der Waals surface area (Å²) in [6, 6.07) is 28.2. The van der Waals surface area contributed by atoms with Crippen LogP contribution in [0.5, 0.6) is 11.5 Å². The molecule has 0 saturated heterocycles. The third kappa shape index (κ3) is 4.35. The summed E-state index contributed by atoms with van der Waals surface area (Å²) < 4.78 is 6.10. The lowest BCUT2D eigenvalue weighted by Gasteiger charge is -2.32. The zero-order valence-electron chi connectivity index (χ0n) is 20.2. The fourth-order valence-electron chi connectivity index (χ4n) is 5.40. The number of nitrogens with zero attached hydrogens (tertiary/aromatic N) is 1. The minimum Gasteiger partial charge on any atom is -0.457 e.